The fourth-order valence-electron chi connectivity index (χ4n) is 2.36. The number of hydrogen-bond donors (Lipinski definition) is 2. The Kier molecular flexibility index (Phi) is 6.71. The largest absolute Gasteiger partial charge is 0.355 e. The van der Waals surface area contributed by atoms with Crippen LogP contribution in [0.5, 0.6) is 0 Å². The standard InChI is InChI=1S/C16H16BrClF2N4O2/c1-8-5-9(18)6-10(15(25)21-2)14(8)22-16(26)11-7-12(17)23-24(11)4-3-13(19)20/h5-7,13H,3-4H2,1-2H3,(H,21,25)(H,22,26). The van der Waals surface area contributed by atoms with E-state index in [4.69, 9.17) is 11.6 Å². The molecule has 10 heteroatoms. The first kappa shape index (κ1) is 20.3. The fourth-order valence-corrected chi connectivity index (χ4v) is 3.04. The van der Waals surface area contributed by atoms with Crippen LogP contribution in [-0.2, 0) is 6.54 Å². The van der Waals surface area contributed by atoms with Gasteiger partial charge in [-0.15, -0.1) is 0 Å². The number of amides is 2. The van der Waals surface area contributed by atoms with Gasteiger partial charge in [-0.1, -0.05) is 11.6 Å². The average Bonchev–Trinajstić information content (AvgIpc) is 2.95. The highest BCUT2D eigenvalue weighted by Gasteiger charge is 2.20. The number of nitrogens with zero attached hydrogens (tertiary/aromatic N) is 2. The molecule has 140 valence electrons. The Morgan fingerprint density at radius 1 is 1.31 bits per heavy atom. The molecule has 2 rings (SSSR count). The molecular formula is C16H16BrClF2N4O2. The molecule has 2 N–H and O–H groups in total. The molecule has 0 saturated carbocycles. The number of anilines is 1. The molecular weight excluding hydrogens is 434 g/mol. The summed E-state index contributed by atoms with van der Waals surface area (Å²) in [6.07, 6.45) is -2.94. The van der Waals surface area contributed by atoms with Gasteiger partial charge in [0.2, 0.25) is 6.43 Å². The zero-order valence-electron chi connectivity index (χ0n) is 13.9. The molecule has 0 spiro atoms. The second-order valence-corrected chi connectivity index (χ2v) is 6.68. The molecule has 0 unspecified atom stereocenters. The highest BCUT2D eigenvalue weighted by atomic mass is 79.9. The van der Waals surface area contributed by atoms with Crippen molar-refractivity contribution in [2.75, 3.05) is 12.4 Å². The lowest BCUT2D eigenvalue weighted by atomic mass is 10.1. The number of aromatic nitrogens is 2. The average molecular weight is 450 g/mol. The molecule has 1 aromatic carbocycles. The van der Waals surface area contributed by atoms with Gasteiger partial charge in [0.25, 0.3) is 11.8 Å². The van der Waals surface area contributed by atoms with Crippen LogP contribution in [-0.4, -0.2) is 35.1 Å². The summed E-state index contributed by atoms with van der Waals surface area (Å²) in [7, 11) is 1.46. The molecule has 0 aliphatic carbocycles. The van der Waals surface area contributed by atoms with Crippen molar-refractivity contribution >= 4 is 45.0 Å². The molecule has 0 fully saturated rings. The number of benzene rings is 1. The van der Waals surface area contributed by atoms with Crippen LogP contribution in [0.4, 0.5) is 14.5 Å². The molecule has 2 aromatic rings. The Labute approximate surface area is 162 Å². The van der Waals surface area contributed by atoms with Gasteiger partial charge in [0, 0.05) is 31.1 Å². The number of halogens is 4. The van der Waals surface area contributed by atoms with Crippen molar-refractivity contribution in [2.45, 2.75) is 26.3 Å². The van der Waals surface area contributed by atoms with Crippen molar-refractivity contribution in [3.63, 3.8) is 0 Å². The summed E-state index contributed by atoms with van der Waals surface area (Å²) < 4.78 is 26.5. The van der Waals surface area contributed by atoms with Gasteiger partial charge in [-0.2, -0.15) is 5.10 Å². The van der Waals surface area contributed by atoms with Gasteiger partial charge >= 0.3 is 0 Å². The van der Waals surface area contributed by atoms with E-state index in [1.54, 1.807) is 13.0 Å². The van der Waals surface area contributed by atoms with Crippen LogP contribution >= 0.6 is 27.5 Å². The smallest absolute Gasteiger partial charge is 0.274 e. The second-order valence-electron chi connectivity index (χ2n) is 5.43. The summed E-state index contributed by atoms with van der Waals surface area (Å²) in [5.74, 6) is -0.994. The molecule has 2 amide bonds. The molecule has 1 aromatic heterocycles. The van der Waals surface area contributed by atoms with Crippen LogP contribution < -0.4 is 10.6 Å². The lowest BCUT2D eigenvalue weighted by Crippen LogP contribution is -2.24. The Morgan fingerprint density at radius 2 is 2.00 bits per heavy atom. The van der Waals surface area contributed by atoms with E-state index >= 15 is 0 Å². The maximum atomic E-state index is 12.6. The minimum atomic E-state index is -2.51. The zero-order valence-corrected chi connectivity index (χ0v) is 16.3. The summed E-state index contributed by atoms with van der Waals surface area (Å²) in [4.78, 5) is 24.7. The number of aryl methyl sites for hydroxylation is 2. The lowest BCUT2D eigenvalue weighted by molar-refractivity contribution is 0.0963. The maximum Gasteiger partial charge on any atom is 0.274 e. The number of nitrogens with one attached hydrogen (secondary N) is 2. The molecule has 26 heavy (non-hydrogen) atoms. The predicted molar refractivity (Wildman–Crippen MR) is 98.1 cm³/mol. The first-order valence-corrected chi connectivity index (χ1v) is 8.75. The van der Waals surface area contributed by atoms with Gasteiger partial charge < -0.3 is 10.6 Å². The predicted octanol–water partition coefficient (Wildman–Crippen LogP) is 3.87. The van der Waals surface area contributed by atoms with E-state index in [-0.39, 0.29) is 23.5 Å². The van der Waals surface area contributed by atoms with Crippen molar-refractivity contribution in [3.8, 4) is 0 Å². The fraction of sp³-hybridized carbons (Fsp3) is 0.312. The molecule has 0 aliphatic rings. The summed E-state index contributed by atoms with van der Waals surface area (Å²) in [5, 5.41) is 9.48. The number of carbonyl (C=O) groups is 2. The van der Waals surface area contributed by atoms with Gasteiger partial charge in [0.15, 0.2) is 0 Å². The Hall–Kier alpha value is -2.00. The van der Waals surface area contributed by atoms with Crippen molar-refractivity contribution in [1.82, 2.24) is 15.1 Å². The van der Waals surface area contributed by atoms with E-state index in [0.717, 1.165) is 0 Å². The first-order chi connectivity index (χ1) is 12.2. The van der Waals surface area contributed by atoms with E-state index in [9.17, 15) is 18.4 Å². The molecule has 0 saturated heterocycles. The van der Waals surface area contributed by atoms with Crippen molar-refractivity contribution in [1.29, 1.82) is 0 Å². The van der Waals surface area contributed by atoms with Crippen LogP contribution in [0.15, 0.2) is 22.8 Å². The van der Waals surface area contributed by atoms with Gasteiger partial charge in [-0.3, -0.25) is 14.3 Å². The molecule has 0 radical (unpaired) electrons. The number of hydrogen-bond acceptors (Lipinski definition) is 3. The summed E-state index contributed by atoms with van der Waals surface area (Å²) in [6, 6.07) is 4.46. The van der Waals surface area contributed by atoms with Crippen molar-refractivity contribution in [2.24, 2.45) is 0 Å². The van der Waals surface area contributed by atoms with Crippen LogP contribution in [0.2, 0.25) is 5.02 Å². The monoisotopic (exact) mass is 448 g/mol. The lowest BCUT2D eigenvalue weighted by Gasteiger charge is -2.14. The summed E-state index contributed by atoms with van der Waals surface area (Å²) >= 11 is 9.13. The van der Waals surface area contributed by atoms with Gasteiger partial charge in [0.05, 0.1) is 11.3 Å². The van der Waals surface area contributed by atoms with Gasteiger partial charge in [0.1, 0.15) is 10.3 Å². The SMILES string of the molecule is CNC(=O)c1cc(Cl)cc(C)c1NC(=O)c1cc(Br)nn1CCC(F)F. The van der Waals surface area contributed by atoms with Crippen LogP contribution in [0.25, 0.3) is 0 Å². The maximum absolute atomic E-state index is 12.6. The number of rotatable bonds is 6. The zero-order chi connectivity index (χ0) is 19.4. The first-order valence-electron chi connectivity index (χ1n) is 7.58. The minimum absolute atomic E-state index is 0.0923. The van der Waals surface area contributed by atoms with Crippen LogP contribution in [0, 0.1) is 6.92 Å². The molecule has 0 bridgehead atoms. The Balaban J connectivity index is 2.35. The topological polar surface area (TPSA) is 76.0 Å². The Morgan fingerprint density at radius 3 is 2.62 bits per heavy atom. The van der Waals surface area contributed by atoms with E-state index < -0.39 is 24.7 Å². The second kappa shape index (κ2) is 8.59. The highest BCUT2D eigenvalue weighted by Crippen LogP contribution is 2.26. The third-order valence-electron chi connectivity index (χ3n) is 3.55. The van der Waals surface area contributed by atoms with Crippen LogP contribution in [0.3, 0.4) is 0 Å². The third kappa shape index (κ3) is 4.79. The molecule has 1 heterocycles. The van der Waals surface area contributed by atoms with E-state index in [1.807, 2.05) is 0 Å². The third-order valence-corrected chi connectivity index (χ3v) is 4.16. The van der Waals surface area contributed by atoms with Gasteiger partial charge in [-0.05, 0) is 40.5 Å². The quantitative estimate of drug-likeness (QED) is 0.703. The molecule has 0 atom stereocenters. The molecule has 6 nitrogen and oxygen atoms in total. The molecule has 0 aliphatic heterocycles. The number of carbonyl (C=O) groups excluding carboxylic acids is 2. The Bertz CT molecular complexity index is 842. The van der Waals surface area contributed by atoms with E-state index in [2.05, 4.69) is 31.7 Å². The summed E-state index contributed by atoms with van der Waals surface area (Å²) in [5.41, 5.74) is 1.16. The van der Waals surface area contributed by atoms with Gasteiger partial charge in [-0.25, -0.2) is 8.78 Å². The van der Waals surface area contributed by atoms with E-state index in [1.165, 1.54) is 23.9 Å². The van der Waals surface area contributed by atoms with Crippen LogP contribution in [0.1, 0.15) is 32.8 Å². The van der Waals surface area contributed by atoms with Crippen molar-refractivity contribution in [3.05, 3.63) is 44.6 Å². The van der Waals surface area contributed by atoms with E-state index in [0.29, 0.717) is 15.2 Å². The normalized spacial score (nSPS) is 10.9. The minimum Gasteiger partial charge on any atom is -0.355 e. The highest BCUT2D eigenvalue weighted by molar-refractivity contribution is 9.10. The van der Waals surface area contributed by atoms with Crippen molar-refractivity contribution < 1.29 is 18.4 Å². The summed E-state index contributed by atoms with van der Waals surface area (Å²) in [6.45, 7) is 1.58. The number of alkyl halides is 2.